The maximum Gasteiger partial charge on any atom is 0.152 e. The normalized spacial score (nSPS) is 13.9. The van der Waals surface area contributed by atoms with E-state index in [1.807, 2.05) is 19.1 Å². The largest absolute Gasteiger partial charge is 0.365 e. The van der Waals surface area contributed by atoms with Crippen molar-refractivity contribution in [2.24, 2.45) is 0 Å². The molecule has 3 nitrogen and oxygen atoms in total. The van der Waals surface area contributed by atoms with Crippen LogP contribution in [-0.2, 0) is 0 Å². The van der Waals surface area contributed by atoms with Gasteiger partial charge in [0.25, 0.3) is 0 Å². The number of nitrogens with zero attached hydrogens (tertiary/aromatic N) is 1. The van der Waals surface area contributed by atoms with Crippen molar-refractivity contribution >= 4 is 11.4 Å². The van der Waals surface area contributed by atoms with E-state index in [0.717, 1.165) is 28.5 Å². The highest BCUT2D eigenvalue weighted by Gasteiger charge is 2.17. The number of rotatable bonds is 1. The first-order valence-corrected chi connectivity index (χ1v) is 5.51. The van der Waals surface area contributed by atoms with Gasteiger partial charge in [-0.25, -0.2) is 9.37 Å². The smallest absolute Gasteiger partial charge is 0.152 e. The molecule has 1 aliphatic heterocycles. The number of anilines is 1. The van der Waals surface area contributed by atoms with E-state index >= 15 is 0 Å². The average molecular weight is 229 g/mol. The Morgan fingerprint density at radius 1 is 1.35 bits per heavy atom. The molecule has 2 N–H and O–H groups in total. The summed E-state index contributed by atoms with van der Waals surface area (Å²) >= 11 is 0. The van der Waals surface area contributed by atoms with E-state index in [-0.39, 0.29) is 5.82 Å². The lowest BCUT2D eigenvalue weighted by Crippen LogP contribution is -2.08. The lowest BCUT2D eigenvalue weighted by Gasteiger charge is -2.14. The molecule has 0 radical (unpaired) electrons. The molecular weight excluding hydrogens is 217 g/mol. The van der Waals surface area contributed by atoms with Gasteiger partial charge in [0.1, 0.15) is 11.6 Å². The number of hydrogen-bond acceptors (Lipinski definition) is 2. The minimum atomic E-state index is -0.222. The molecule has 0 amide bonds. The number of aromatic nitrogens is 2. The van der Waals surface area contributed by atoms with E-state index in [0.29, 0.717) is 6.54 Å². The van der Waals surface area contributed by atoms with Crippen molar-refractivity contribution in [2.75, 3.05) is 11.9 Å². The van der Waals surface area contributed by atoms with Crippen molar-refractivity contribution in [3.05, 3.63) is 53.2 Å². The molecule has 86 valence electrons. The molecule has 1 aliphatic rings. The van der Waals surface area contributed by atoms with E-state index in [1.54, 1.807) is 6.07 Å². The van der Waals surface area contributed by atoms with Crippen LogP contribution in [0.4, 0.5) is 10.2 Å². The third kappa shape index (κ3) is 1.71. The molecule has 0 saturated carbocycles. The Labute approximate surface area is 98.4 Å². The van der Waals surface area contributed by atoms with E-state index < -0.39 is 0 Å². The zero-order chi connectivity index (χ0) is 11.8. The second-order valence-corrected chi connectivity index (χ2v) is 4.05. The predicted molar refractivity (Wildman–Crippen MR) is 65.3 cm³/mol. The fraction of sp³-hybridized carbons (Fsp3) is 0.154. The molecule has 0 unspecified atom stereocenters. The number of H-pyrrole nitrogens is 1. The lowest BCUT2D eigenvalue weighted by atomic mass is 10.0. The molecule has 2 aromatic rings. The minimum absolute atomic E-state index is 0.222. The summed E-state index contributed by atoms with van der Waals surface area (Å²) in [6.45, 7) is 2.62. The van der Waals surface area contributed by atoms with Gasteiger partial charge in [0, 0.05) is 12.1 Å². The van der Waals surface area contributed by atoms with E-state index in [2.05, 4.69) is 15.3 Å². The summed E-state index contributed by atoms with van der Waals surface area (Å²) in [6, 6.07) is 6.61. The third-order valence-electron chi connectivity index (χ3n) is 2.80. The second-order valence-electron chi connectivity index (χ2n) is 4.05. The number of fused-ring (bicyclic) bond motifs is 1. The van der Waals surface area contributed by atoms with Gasteiger partial charge in [0.15, 0.2) is 5.82 Å². The van der Waals surface area contributed by atoms with Gasteiger partial charge < -0.3 is 10.3 Å². The summed E-state index contributed by atoms with van der Waals surface area (Å²) in [7, 11) is 0. The summed E-state index contributed by atoms with van der Waals surface area (Å²) in [4.78, 5) is 7.55. The molecule has 2 heterocycles. The van der Waals surface area contributed by atoms with Crippen molar-refractivity contribution in [1.29, 1.82) is 0 Å². The quantitative estimate of drug-likeness (QED) is 0.789. The number of hydrogen-bond donors (Lipinski definition) is 2. The Hall–Kier alpha value is -2.10. The number of aromatic amines is 1. The number of nitrogens with one attached hydrogen (secondary N) is 2. The van der Waals surface area contributed by atoms with Crippen LogP contribution in [0.2, 0.25) is 0 Å². The lowest BCUT2D eigenvalue weighted by molar-refractivity contribution is 0.627. The highest BCUT2D eigenvalue weighted by atomic mass is 19.1. The highest BCUT2D eigenvalue weighted by Crippen LogP contribution is 2.30. The summed E-state index contributed by atoms with van der Waals surface area (Å²) < 4.78 is 13.2. The Morgan fingerprint density at radius 3 is 3.06 bits per heavy atom. The molecule has 0 spiro atoms. The first-order chi connectivity index (χ1) is 8.24. The van der Waals surface area contributed by atoms with Gasteiger partial charge in [0.2, 0.25) is 0 Å². The fourth-order valence-electron chi connectivity index (χ4n) is 2.08. The molecule has 17 heavy (non-hydrogen) atoms. The van der Waals surface area contributed by atoms with Crippen molar-refractivity contribution in [2.45, 2.75) is 6.92 Å². The molecule has 1 aromatic carbocycles. The van der Waals surface area contributed by atoms with Crippen LogP contribution in [0.25, 0.3) is 5.57 Å². The van der Waals surface area contributed by atoms with Crippen molar-refractivity contribution in [3.8, 4) is 0 Å². The SMILES string of the molecule is Cc1nc2c([nH]1)C(c1cccc(F)c1)=CCN2. The average Bonchev–Trinajstić information content (AvgIpc) is 2.68. The van der Waals surface area contributed by atoms with Crippen LogP contribution >= 0.6 is 0 Å². The fourth-order valence-corrected chi connectivity index (χ4v) is 2.08. The number of benzene rings is 1. The zero-order valence-corrected chi connectivity index (χ0v) is 9.42. The van der Waals surface area contributed by atoms with Crippen LogP contribution in [0.3, 0.4) is 0 Å². The minimum Gasteiger partial charge on any atom is -0.365 e. The molecule has 0 atom stereocenters. The van der Waals surface area contributed by atoms with Gasteiger partial charge in [-0.2, -0.15) is 0 Å². The topological polar surface area (TPSA) is 40.7 Å². The van der Waals surface area contributed by atoms with Gasteiger partial charge in [-0.05, 0) is 24.6 Å². The number of imidazole rings is 1. The molecule has 0 fully saturated rings. The van der Waals surface area contributed by atoms with Crippen molar-refractivity contribution < 1.29 is 4.39 Å². The summed E-state index contributed by atoms with van der Waals surface area (Å²) in [5.41, 5.74) is 2.80. The Morgan fingerprint density at radius 2 is 2.24 bits per heavy atom. The van der Waals surface area contributed by atoms with Gasteiger partial charge in [-0.15, -0.1) is 0 Å². The molecule has 4 heteroatoms. The van der Waals surface area contributed by atoms with Gasteiger partial charge in [-0.3, -0.25) is 0 Å². The van der Waals surface area contributed by atoms with Crippen LogP contribution in [0.1, 0.15) is 17.1 Å². The Balaban J connectivity index is 2.12. The van der Waals surface area contributed by atoms with Crippen LogP contribution in [0.5, 0.6) is 0 Å². The summed E-state index contributed by atoms with van der Waals surface area (Å²) in [6.07, 6.45) is 2.04. The van der Waals surface area contributed by atoms with Gasteiger partial charge in [-0.1, -0.05) is 18.2 Å². The van der Waals surface area contributed by atoms with Crippen LogP contribution in [0, 0.1) is 12.7 Å². The summed E-state index contributed by atoms with van der Waals surface area (Å²) in [5.74, 6) is 1.47. The van der Waals surface area contributed by atoms with Crippen LogP contribution in [-0.4, -0.2) is 16.5 Å². The van der Waals surface area contributed by atoms with Crippen molar-refractivity contribution in [1.82, 2.24) is 9.97 Å². The summed E-state index contributed by atoms with van der Waals surface area (Å²) in [5, 5.41) is 3.19. The van der Waals surface area contributed by atoms with E-state index in [9.17, 15) is 4.39 Å². The van der Waals surface area contributed by atoms with Crippen LogP contribution < -0.4 is 5.32 Å². The van der Waals surface area contributed by atoms with Gasteiger partial charge in [0.05, 0.1) is 5.69 Å². The second kappa shape index (κ2) is 3.73. The highest BCUT2D eigenvalue weighted by molar-refractivity contribution is 5.85. The number of halogens is 1. The predicted octanol–water partition coefficient (Wildman–Crippen LogP) is 2.71. The van der Waals surface area contributed by atoms with Gasteiger partial charge >= 0.3 is 0 Å². The first-order valence-electron chi connectivity index (χ1n) is 5.51. The Bertz CT molecular complexity index is 598. The van der Waals surface area contributed by atoms with Crippen molar-refractivity contribution in [3.63, 3.8) is 0 Å². The maximum atomic E-state index is 13.2. The third-order valence-corrected chi connectivity index (χ3v) is 2.80. The monoisotopic (exact) mass is 229 g/mol. The molecule has 0 saturated heterocycles. The zero-order valence-electron chi connectivity index (χ0n) is 9.42. The Kier molecular flexibility index (Phi) is 2.21. The molecular formula is C13H12FN3. The van der Waals surface area contributed by atoms with Crippen LogP contribution in [0.15, 0.2) is 30.3 Å². The molecule has 3 rings (SSSR count). The van der Waals surface area contributed by atoms with E-state index in [4.69, 9.17) is 0 Å². The molecule has 0 aliphatic carbocycles. The first kappa shape index (κ1) is 10.1. The molecule has 0 bridgehead atoms. The number of aryl methyl sites for hydroxylation is 1. The standard InChI is InChI=1S/C13H12FN3/c1-8-16-12-11(5-6-15-13(12)17-8)9-3-2-4-10(14)7-9/h2-5,7,15H,6H2,1H3,(H,16,17). The maximum absolute atomic E-state index is 13.2. The molecule has 1 aromatic heterocycles. The van der Waals surface area contributed by atoms with E-state index in [1.165, 1.54) is 12.1 Å².